The number of H-pyrrole nitrogens is 1. The van der Waals surface area contributed by atoms with E-state index in [1.165, 1.54) is 27.7 Å². The fraction of sp³-hybridized carbons (Fsp3) is 0.250. The van der Waals surface area contributed by atoms with Crippen LogP contribution in [0.2, 0.25) is 0 Å². The highest BCUT2D eigenvalue weighted by Gasteiger charge is 2.25. The maximum atomic E-state index is 4.70. The first kappa shape index (κ1) is 13.8. The lowest BCUT2D eigenvalue weighted by atomic mass is 9.99. The van der Waals surface area contributed by atoms with Crippen LogP contribution in [0.5, 0.6) is 0 Å². The third-order valence-corrected chi connectivity index (χ3v) is 5.15. The summed E-state index contributed by atoms with van der Waals surface area (Å²) < 4.78 is 0. The molecule has 0 spiro atoms. The number of benzene rings is 2. The van der Waals surface area contributed by atoms with E-state index in [9.17, 15) is 0 Å². The average Bonchev–Trinajstić information content (AvgIpc) is 3.03. The van der Waals surface area contributed by atoms with E-state index in [1.54, 1.807) is 0 Å². The summed E-state index contributed by atoms with van der Waals surface area (Å²) in [6.45, 7) is 3.11. The third kappa shape index (κ3) is 2.14. The largest absolute Gasteiger partial charge is 0.364 e. The van der Waals surface area contributed by atoms with Gasteiger partial charge in [-0.05, 0) is 35.4 Å². The number of rotatable bonds is 1. The topological polar surface area (TPSA) is 43.4 Å². The fourth-order valence-corrected chi connectivity index (χ4v) is 3.93. The monoisotopic (exact) mass is 316 g/mol. The Labute approximate surface area is 141 Å². The number of hydrogen-bond donors (Lipinski definition) is 2. The van der Waals surface area contributed by atoms with Crippen molar-refractivity contribution in [1.29, 1.82) is 0 Å². The normalized spacial score (nSPS) is 19.8. The second kappa shape index (κ2) is 5.49. The van der Waals surface area contributed by atoms with Crippen molar-refractivity contribution in [2.75, 3.05) is 24.5 Å². The molecule has 1 fully saturated rings. The van der Waals surface area contributed by atoms with E-state index in [0.29, 0.717) is 6.04 Å². The lowest BCUT2D eigenvalue weighted by Gasteiger charge is -2.37. The summed E-state index contributed by atoms with van der Waals surface area (Å²) in [6, 6.07) is 15.8. The van der Waals surface area contributed by atoms with E-state index in [4.69, 9.17) is 4.99 Å². The maximum Gasteiger partial charge on any atom is 0.0859 e. The summed E-state index contributed by atoms with van der Waals surface area (Å²) in [5.41, 5.74) is 6.06. The Hall–Kier alpha value is -2.59. The van der Waals surface area contributed by atoms with E-state index < -0.39 is 0 Å². The van der Waals surface area contributed by atoms with Gasteiger partial charge in [-0.3, -0.25) is 4.99 Å². The molecule has 2 aromatic carbocycles. The molecular weight excluding hydrogens is 296 g/mol. The van der Waals surface area contributed by atoms with Crippen molar-refractivity contribution in [3.8, 4) is 11.1 Å². The summed E-state index contributed by atoms with van der Waals surface area (Å²) >= 11 is 0. The van der Waals surface area contributed by atoms with Crippen molar-refractivity contribution in [2.24, 2.45) is 4.99 Å². The zero-order valence-corrected chi connectivity index (χ0v) is 13.5. The number of nitrogens with one attached hydrogen (secondary N) is 2. The quantitative estimate of drug-likeness (QED) is 0.718. The Bertz CT molecular complexity index is 924. The molecule has 5 rings (SSSR count). The lowest BCUT2D eigenvalue weighted by molar-refractivity contribution is 0.489. The molecule has 2 aliphatic heterocycles. The molecular formula is C20H20N4. The zero-order chi connectivity index (χ0) is 15.9. The van der Waals surface area contributed by atoms with Crippen LogP contribution in [0.15, 0.2) is 53.7 Å². The molecule has 0 radical (unpaired) electrons. The molecule has 1 aromatic heterocycles. The van der Waals surface area contributed by atoms with Gasteiger partial charge in [0.15, 0.2) is 0 Å². The highest BCUT2D eigenvalue weighted by atomic mass is 15.2. The Morgan fingerprint density at radius 1 is 1.12 bits per heavy atom. The van der Waals surface area contributed by atoms with Gasteiger partial charge in [-0.1, -0.05) is 18.2 Å². The van der Waals surface area contributed by atoms with Crippen LogP contribution in [0.1, 0.15) is 6.42 Å². The molecule has 1 atom stereocenters. The number of aliphatic imine (C=N–C) groups is 1. The number of aromatic amines is 1. The van der Waals surface area contributed by atoms with Gasteiger partial charge in [0.1, 0.15) is 0 Å². The van der Waals surface area contributed by atoms with Gasteiger partial charge in [-0.25, -0.2) is 0 Å². The maximum absolute atomic E-state index is 4.70. The summed E-state index contributed by atoms with van der Waals surface area (Å²) in [4.78, 5) is 10.5. The summed E-state index contributed by atoms with van der Waals surface area (Å²) in [7, 11) is 0. The van der Waals surface area contributed by atoms with Crippen LogP contribution in [0.4, 0.5) is 11.4 Å². The summed E-state index contributed by atoms with van der Waals surface area (Å²) in [5.74, 6) is 0. The second-order valence-corrected chi connectivity index (χ2v) is 6.55. The van der Waals surface area contributed by atoms with Crippen molar-refractivity contribution < 1.29 is 0 Å². The van der Waals surface area contributed by atoms with Gasteiger partial charge in [-0.15, -0.1) is 0 Å². The number of anilines is 1. The van der Waals surface area contributed by atoms with Crippen molar-refractivity contribution >= 4 is 28.5 Å². The molecule has 4 nitrogen and oxygen atoms in total. The van der Waals surface area contributed by atoms with Crippen LogP contribution >= 0.6 is 0 Å². The summed E-state index contributed by atoms with van der Waals surface area (Å²) in [6.07, 6.45) is 5.09. The number of piperazine rings is 1. The van der Waals surface area contributed by atoms with E-state index in [1.807, 2.05) is 6.20 Å². The van der Waals surface area contributed by atoms with Crippen LogP contribution < -0.4 is 10.2 Å². The van der Waals surface area contributed by atoms with Gasteiger partial charge < -0.3 is 15.2 Å². The van der Waals surface area contributed by atoms with E-state index in [-0.39, 0.29) is 0 Å². The average molecular weight is 316 g/mol. The second-order valence-electron chi connectivity index (χ2n) is 6.55. The number of hydrogen-bond acceptors (Lipinski definition) is 3. The van der Waals surface area contributed by atoms with Gasteiger partial charge in [0.05, 0.1) is 11.4 Å². The van der Waals surface area contributed by atoms with Crippen LogP contribution in [0.3, 0.4) is 0 Å². The van der Waals surface area contributed by atoms with Gasteiger partial charge in [0.25, 0.3) is 0 Å². The van der Waals surface area contributed by atoms with E-state index >= 15 is 0 Å². The van der Waals surface area contributed by atoms with Crippen molar-refractivity contribution in [3.63, 3.8) is 0 Å². The molecule has 0 amide bonds. The highest BCUT2D eigenvalue weighted by molar-refractivity contribution is 5.96. The zero-order valence-electron chi connectivity index (χ0n) is 13.5. The standard InChI is InChI=1S/C20H20N4/c1-2-16(17-7-9-22-18(17)3-1)14-4-5-19-20(12-14)24-11-10-21-13-15(24)6-8-23-19/h1-5,7-9,12,15,21-22H,6,10-11,13H2. The molecule has 120 valence electrons. The molecule has 3 heterocycles. The van der Waals surface area contributed by atoms with Gasteiger partial charge in [0.2, 0.25) is 0 Å². The third-order valence-electron chi connectivity index (χ3n) is 5.15. The minimum Gasteiger partial charge on any atom is -0.364 e. The van der Waals surface area contributed by atoms with Gasteiger partial charge in [-0.2, -0.15) is 0 Å². The number of aromatic nitrogens is 1. The molecule has 4 heteroatoms. The molecule has 2 aliphatic rings. The predicted octanol–water partition coefficient (Wildman–Crippen LogP) is 3.72. The minimum absolute atomic E-state index is 0.502. The van der Waals surface area contributed by atoms with E-state index in [0.717, 1.165) is 31.7 Å². The lowest BCUT2D eigenvalue weighted by Crippen LogP contribution is -2.51. The van der Waals surface area contributed by atoms with Crippen molar-refractivity contribution in [3.05, 3.63) is 48.7 Å². The Morgan fingerprint density at radius 3 is 3.12 bits per heavy atom. The first-order chi connectivity index (χ1) is 11.9. The molecule has 0 bridgehead atoms. The number of fused-ring (bicyclic) bond motifs is 4. The molecule has 1 saturated heterocycles. The minimum atomic E-state index is 0.502. The first-order valence-electron chi connectivity index (χ1n) is 8.60. The van der Waals surface area contributed by atoms with Crippen LogP contribution in [-0.2, 0) is 0 Å². The SMILES string of the molecule is C1=Nc2ccc(-c3cccc4[nH]ccc34)cc2N2CCNCC2C1. The Morgan fingerprint density at radius 2 is 2.12 bits per heavy atom. The highest BCUT2D eigenvalue weighted by Crippen LogP contribution is 2.38. The van der Waals surface area contributed by atoms with Crippen molar-refractivity contribution in [2.45, 2.75) is 12.5 Å². The predicted molar refractivity (Wildman–Crippen MR) is 101 cm³/mol. The van der Waals surface area contributed by atoms with Crippen molar-refractivity contribution in [1.82, 2.24) is 10.3 Å². The molecule has 0 saturated carbocycles. The molecule has 2 N–H and O–H groups in total. The number of nitrogens with zero attached hydrogens (tertiary/aromatic N) is 2. The Balaban J connectivity index is 1.66. The fourth-order valence-electron chi connectivity index (χ4n) is 3.93. The van der Waals surface area contributed by atoms with Gasteiger partial charge >= 0.3 is 0 Å². The molecule has 3 aromatic rings. The molecule has 1 unspecified atom stereocenters. The van der Waals surface area contributed by atoms with E-state index in [2.05, 4.69) is 63.9 Å². The van der Waals surface area contributed by atoms with Crippen LogP contribution in [0, 0.1) is 0 Å². The van der Waals surface area contributed by atoms with Crippen LogP contribution in [-0.4, -0.2) is 36.9 Å². The smallest absolute Gasteiger partial charge is 0.0859 e. The summed E-state index contributed by atoms with van der Waals surface area (Å²) in [5, 5.41) is 4.77. The Kier molecular flexibility index (Phi) is 3.16. The first-order valence-corrected chi connectivity index (χ1v) is 8.60. The van der Waals surface area contributed by atoms with Gasteiger partial charge in [0, 0.05) is 55.4 Å². The van der Waals surface area contributed by atoms with Crippen LogP contribution in [0.25, 0.3) is 22.0 Å². The molecule has 24 heavy (non-hydrogen) atoms. The molecule has 0 aliphatic carbocycles.